The largest absolute Gasteiger partial charge is 0.393 e. The van der Waals surface area contributed by atoms with Crippen molar-refractivity contribution in [3.05, 3.63) is 22.6 Å². The molecule has 0 atom stereocenters. The van der Waals surface area contributed by atoms with Crippen LogP contribution in [0, 0.1) is 0 Å². The molecular weight excluding hydrogens is 252 g/mol. The van der Waals surface area contributed by atoms with Gasteiger partial charge in [0, 0.05) is 19.5 Å². The zero-order chi connectivity index (χ0) is 13.1. The van der Waals surface area contributed by atoms with Gasteiger partial charge in [-0.25, -0.2) is 9.89 Å². The fourth-order valence-corrected chi connectivity index (χ4v) is 1.73. The summed E-state index contributed by atoms with van der Waals surface area (Å²) in [5.74, 6) is 0.699. The lowest BCUT2D eigenvalue weighted by Crippen LogP contribution is -2.29. The van der Waals surface area contributed by atoms with Gasteiger partial charge in [0.05, 0.1) is 4.99 Å². The zero-order valence-electron chi connectivity index (χ0n) is 9.96. The van der Waals surface area contributed by atoms with Gasteiger partial charge in [0.15, 0.2) is 5.65 Å². The Kier molecular flexibility index (Phi) is 3.56. The number of rotatable bonds is 5. The molecule has 0 saturated heterocycles. The topological polar surface area (TPSA) is 92.3 Å². The summed E-state index contributed by atoms with van der Waals surface area (Å²) in [6.07, 6.45) is 0.614. The van der Waals surface area contributed by atoms with Crippen LogP contribution in [0.4, 0.5) is 5.82 Å². The van der Waals surface area contributed by atoms with Crippen LogP contribution >= 0.6 is 12.2 Å². The van der Waals surface area contributed by atoms with Crippen LogP contribution in [0.3, 0.4) is 0 Å². The molecule has 0 fully saturated rings. The second-order valence-electron chi connectivity index (χ2n) is 3.79. The summed E-state index contributed by atoms with van der Waals surface area (Å²) in [7, 11) is 0. The first-order valence-electron chi connectivity index (χ1n) is 5.59. The molecule has 18 heavy (non-hydrogen) atoms. The number of aromatic nitrogens is 4. The molecule has 8 heteroatoms. The van der Waals surface area contributed by atoms with Crippen molar-refractivity contribution in [2.75, 3.05) is 18.0 Å². The number of aromatic amines is 1. The quantitative estimate of drug-likeness (QED) is 0.735. The van der Waals surface area contributed by atoms with Crippen LogP contribution in [0.25, 0.3) is 5.65 Å². The van der Waals surface area contributed by atoms with E-state index in [0.29, 0.717) is 29.4 Å². The van der Waals surface area contributed by atoms with E-state index < -0.39 is 0 Å². The number of nitrogens with one attached hydrogen (secondary N) is 1. The van der Waals surface area contributed by atoms with Crippen molar-refractivity contribution in [3.63, 3.8) is 0 Å². The summed E-state index contributed by atoms with van der Waals surface area (Å²) in [6.45, 7) is 3.44. The van der Waals surface area contributed by atoms with Crippen molar-refractivity contribution in [2.24, 2.45) is 5.73 Å². The van der Waals surface area contributed by atoms with Gasteiger partial charge in [-0.3, -0.25) is 0 Å². The number of nitrogens with zero attached hydrogens (tertiary/aromatic N) is 4. The minimum atomic E-state index is -0.350. The molecule has 2 aromatic rings. The van der Waals surface area contributed by atoms with Gasteiger partial charge in [0.1, 0.15) is 5.82 Å². The number of fused-ring (bicyclic) bond motifs is 1. The SMILES string of the molecule is CCN(CCC(N)=S)c1ccc2n[nH]c(=O)n2n1. The van der Waals surface area contributed by atoms with E-state index >= 15 is 0 Å². The standard InChI is InChI=1S/C10H14N6OS/c1-2-15(6-5-7(11)18)9-4-3-8-12-13-10(17)16(8)14-9/h3-4H,2,5-6H2,1H3,(H2,11,18)(H,13,17). The number of nitrogens with two attached hydrogens (primary N) is 1. The van der Waals surface area contributed by atoms with Crippen LogP contribution in [0.5, 0.6) is 0 Å². The van der Waals surface area contributed by atoms with Crippen LogP contribution in [0.1, 0.15) is 13.3 Å². The molecule has 0 aromatic carbocycles. The summed E-state index contributed by atoms with van der Waals surface area (Å²) in [5.41, 5.74) is 5.63. The van der Waals surface area contributed by atoms with Gasteiger partial charge in [0.25, 0.3) is 0 Å². The molecule has 0 spiro atoms. The maximum absolute atomic E-state index is 11.4. The Bertz CT molecular complexity index is 618. The van der Waals surface area contributed by atoms with E-state index in [4.69, 9.17) is 18.0 Å². The lowest BCUT2D eigenvalue weighted by molar-refractivity contribution is 0.780. The summed E-state index contributed by atoms with van der Waals surface area (Å²) < 4.78 is 1.23. The molecule has 2 rings (SSSR count). The summed E-state index contributed by atoms with van der Waals surface area (Å²) in [5, 5.41) is 10.4. The van der Waals surface area contributed by atoms with Gasteiger partial charge in [-0.2, -0.15) is 9.61 Å². The Hall–Kier alpha value is -1.96. The van der Waals surface area contributed by atoms with Gasteiger partial charge in [-0.05, 0) is 19.1 Å². The fraction of sp³-hybridized carbons (Fsp3) is 0.400. The Morgan fingerprint density at radius 1 is 1.61 bits per heavy atom. The van der Waals surface area contributed by atoms with E-state index in [0.717, 1.165) is 6.54 Å². The van der Waals surface area contributed by atoms with Crippen molar-refractivity contribution in [3.8, 4) is 0 Å². The number of hydrogen-bond donors (Lipinski definition) is 2. The molecule has 0 aliphatic heterocycles. The highest BCUT2D eigenvalue weighted by atomic mass is 32.1. The van der Waals surface area contributed by atoms with Crippen LogP contribution in [-0.2, 0) is 0 Å². The average Bonchev–Trinajstić information content (AvgIpc) is 2.72. The predicted octanol–water partition coefficient (Wildman–Crippen LogP) is -0.0799. The van der Waals surface area contributed by atoms with Crippen LogP contribution in [-0.4, -0.2) is 37.9 Å². The van der Waals surface area contributed by atoms with Crippen LogP contribution in [0.2, 0.25) is 0 Å². The van der Waals surface area contributed by atoms with Gasteiger partial charge < -0.3 is 10.6 Å². The first-order valence-corrected chi connectivity index (χ1v) is 6.00. The Balaban J connectivity index is 2.29. The molecule has 2 heterocycles. The molecule has 0 unspecified atom stereocenters. The first-order chi connectivity index (χ1) is 8.61. The number of thiocarbonyl (C=S) groups is 1. The third kappa shape index (κ3) is 2.48. The monoisotopic (exact) mass is 266 g/mol. The molecular formula is C10H14N6OS. The third-order valence-corrected chi connectivity index (χ3v) is 2.80. The number of H-pyrrole nitrogens is 1. The van der Waals surface area contributed by atoms with Gasteiger partial charge in [-0.1, -0.05) is 12.2 Å². The van der Waals surface area contributed by atoms with Crippen molar-refractivity contribution < 1.29 is 0 Å². The second kappa shape index (κ2) is 5.13. The van der Waals surface area contributed by atoms with E-state index in [1.807, 2.05) is 17.9 Å². The molecule has 0 aliphatic rings. The molecule has 3 N–H and O–H groups in total. The van der Waals surface area contributed by atoms with Gasteiger partial charge in [-0.15, -0.1) is 5.10 Å². The third-order valence-electron chi connectivity index (χ3n) is 2.59. The highest BCUT2D eigenvalue weighted by Crippen LogP contribution is 2.10. The van der Waals surface area contributed by atoms with Crippen molar-refractivity contribution in [1.82, 2.24) is 19.8 Å². The highest BCUT2D eigenvalue weighted by Gasteiger charge is 2.09. The predicted molar refractivity (Wildman–Crippen MR) is 72.9 cm³/mol. The van der Waals surface area contributed by atoms with Crippen molar-refractivity contribution >= 4 is 28.7 Å². The second-order valence-corrected chi connectivity index (χ2v) is 4.31. The number of hydrogen-bond acceptors (Lipinski definition) is 5. The minimum absolute atomic E-state index is 0.350. The van der Waals surface area contributed by atoms with Gasteiger partial charge in [0.2, 0.25) is 0 Å². The molecule has 0 aliphatic carbocycles. The van der Waals surface area contributed by atoms with E-state index in [9.17, 15) is 4.79 Å². The van der Waals surface area contributed by atoms with E-state index in [2.05, 4.69) is 15.3 Å². The highest BCUT2D eigenvalue weighted by molar-refractivity contribution is 7.80. The summed E-state index contributed by atoms with van der Waals surface area (Å²) >= 11 is 4.86. The van der Waals surface area contributed by atoms with Crippen LogP contribution < -0.4 is 16.3 Å². The molecule has 0 bridgehead atoms. The normalized spacial score (nSPS) is 10.7. The zero-order valence-corrected chi connectivity index (χ0v) is 10.8. The van der Waals surface area contributed by atoms with Crippen LogP contribution in [0.15, 0.2) is 16.9 Å². The summed E-state index contributed by atoms with van der Waals surface area (Å²) in [4.78, 5) is 13.9. The molecule has 2 aromatic heterocycles. The summed E-state index contributed by atoms with van der Waals surface area (Å²) in [6, 6.07) is 3.56. The molecule has 0 radical (unpaired) electrons. The van der Waals surface area contributed by atoms with Crippen molar-refractivity contribution in [1.29, 1.82) is 0 Å². The molecule has 0 amide bonds. The fourth-order valence-electron chi connectivity index (χ4n) is 1.64. The van der Waals surface area contributed by atoms with E-state index in [-0.39, 0.29) is 5.69 Å². The Labute approximate surface area is 109 Å². The average molecular weight is 266 g/mol. The molecule has 0 saturated carbocycles. The minimum Gasteiger partial charge on any atom is -0.393 e. The lowest BCUT2D eigenvalue weighted by atomic mass is 10.3. The Morgan fingerprint density at radius 3 is 3.06 bits per heavy atom. The smallest absolute Gasteiger partial charge is 0.364 e. The van der Waals surface area contributed by atoms with E-state index in [1.54, 1.807) is 6.07 Å². The Morgan fingerprint density at radius 2 is 2.39 bits per heavy atom. The number of anilines is 1. The lowest BCUT2D eigenvalue weighted by Gasteiger charge is -2.21. The maximum atomic E-state index is 11.4. The molecule has 7 nitrogen and oxygen atoms in total. The maximum Gasteiger partial charge on any atom is 0.364 e. The van der Waals surface area contributed by atoms with Crippen molar-refractivity contribution in [2.45, 2.75) is 13.3 Å². The van der Waals surface area contributed by atoms with E-state index in [1.165, 1.54) is 4.52 Å². The van der Waals surface area contributed by atoms with Gasteiger partial charge >= 0.3 is 5.69 Å². The first kappa shape index (κ1) is 12.5. The molecule has 96 valence electrons.